The molecule has 2 heterocycles. The summed E-state index contributed by atoms with van der Waals surface area (Å²) in [6.07, 6.45) is 4.70. The highest BCUT2D eigenvalue weighted by atomic mass is 15.2. The molecule has 0 radical (unpaired) electrons. The first-order valence-electron chi connectivity index (χ1n) is 6.24. The van der Waals surface area contributed by atoms with E-state index in [1.54, 1.807) is 0 Å². The van der Waals surface area contributed by atoms with Crippen LogP contribution in [-0.2, 0) is 0 Å². The monoisotopic (exact) mass is 217 g/mol. The Kier molecular flexibility index (Phi) is 2.56. The van der Waals surface area contributed by atoms with Crippen LogP contribution in [0.3, 0.4) is 0 Å². The third-order valence-corrected chi connectivity index (χ3v) is 3.72. The molecule has 1 aliphatic carbocycles. The SMILES string of the molecule is Cc1ncccc1N1CCNC(C2CC2)C1. The smallest absolute Gasteiger partial charge is 0.0605 e. The molecule has 3 heteroatoms. The van der Waals surface area contributed by atoms with Crippen LogP contribution in [0.15, 0.2) is 18.3 Å². The highest BCUT2D eigenvalue weighted by Crippen LogP contribution is 2.34. The first-order chi connectivity index (χ1) is 7.84. The molecule has 1 atom stereocenters. The molecular weight excluding hydrogens is 198 g/mol. The van der Waals surface area contributed by atoms with Gasteiger partial charge in [-0.2, -0.15) is 0 Å². The molecule has 0 bridgehead atoms. The highest BCUT2D eigenvalue weighted by Gasteiger charge is 2.34. The normalized spacial score (nSPS) is 25.8. The lowest BCUT2D eigenvalue weighted by atomic mass is 10.1. The molecule has 0 aromatic carbocycles. The molecular formula is C13H19N3. The molecule has 1 saturated heterocycles. The predicted molar refractivity (Wildman–Crippen MR) is 65.7 cm³/mol. The fourth-order valence-corrected chi connectivity index (χ4v) is 2.62. The second-order valence-electron chi connectivity index (χ2n) is 4.95. The van der Waals surface area contributed by atoms with Gasteiger partial charge in [-0.15, -0.1) is 0 Å². The minimum Gasteiger partial charge on any atom is -0.367 e. The van der Waals surface area contributed by atoms with Crippen molar-refractivity contribution < 1.29 is 0 Å². The van der Waals surface area contributed by atoms with Crippen molar-refractivity contribution >= 4 is 5.69 Å². The van der Waals surface area contributed by atoms with Gasteiger partial charge in [-0.05, 0) is 37.8 Å². The van der Waals surface area contributed by atoms with E-state index in [-0.39, 0.29) is 0 Å². The van der Waals surface area contributed by atoms with Gasteiger partial charge in [0.25, 0.3) is 0 Å². The summed E-state index contributed by atoms with van der Waals surface area (Å²) in [6.45, 7) is 5.46. The number of piperazine rings is 1. The summed E-state index contributed by atoms with van der Waals surface area (Å²) in [7, 11) is 0. The Labute approximate surface area is 96.9 Å². The second-order valence-corrected chi connectivity index (χ2v) is 4.95. The standard InChI is InChI=1S/C13H19N3/c1-10-13(3-2-6-14-10)16-8-7-15-12(9-16)11-4-5-11/h2-3,6,11-12,15H,4-5,7-9H2,1H3. The Morgan fingerprint density at radius 3 is 3.06 bits per heavy atom. The Balaban J connectivity index is 1.76. The van der Waals surface area contributed by atoms with Crippen LogP contribution < -0.4 is 10.2 Å². The Hall–Kier alpha value is -1.09. The van der Waals surface area contributed by atoms with Gasteiger partial charge in [0.05, 0.1) is 11.4 Å². The average molecular weight is 217 g/mol. The maximum atomic E-state index is 4.38. The molecule has 1 unspecified atom stereocenters. The van der Waals surface area contributed by atoms with Gasteiger partial charge >= 0.3 is 0 Å². The number of hydrogen-bond donors (Lipinski definition) is 1. The number of nitrogens with zero attached hydrogens (tertiary/aromatic N) is 2. The number of pyridine rings is 1. The first-order valence-corrected chi connectivity index (χ1v) is 6.24. The zero-order chi connectivity index (χ0) is 11.0. The van der Waals surface area contributed by atoms with Crippen molar-refractivity contribution in [2.45, 2.75) is 25.8 Å². The first kappa shape index (κ1) is 10.1. The molecule has 1 N–H and O–H groups in total. The summed E-state index contributed by atoms with van der Waals surface area (Å²) < 4.78 is 0. The van der Waals surface area contributed by atoms with Gasteiger partial charge in [0.15, 0.2) is 0 Å². The number of nitrogens with one attached hydrogen (secondary N) is 1. The molecule has 2 aliphatic rings. The number of aryl methyl sites for hydroxylation is 1. The largest absolute Gasteiger partial charge is 0.367 e. The molecule has 16 heavy (non-hydrogen) atoms. The van der Waals surface area contributed by atoms with E-state index in [0.717, 1.165) is 31.2 Å². The lowest BCUT2D eigenvalue weighted by molar-refractivity contribution is 0.418. The van der Waals surface area contributed by atoms with E-state index in [9.17, 15) is 0 Å². The van der Waals surface area contributed by atoms with Crippen molar-refractivity contribution in [2.75, 3.05) is 24.5 Å². The Bertz CT molecular complexity index is 373. The van der Waals surface area contributed by atoms with Crippen molar-refractivity contribution in [3.8, 4) is 0 Å². The second kappa shape index (κ2) is 4.06. The minimum absolute atomic E-state index is 0.702. The van der Waals surface area contributed by atoms with Crippen LogP contribution in [0.5, 0.6) is 0 Å². The van der Waals surface area contributed by atoms with Crippen LogP contribution in [0, 0.1) is 12.8 Å². The van der Waals surface area contributed by atoms with E-state index in [4.69, 9.17) is 0 Å². The third-order valence-electron chi connectivity index (χ3n) is 3.72. The molecule has 3 nitrogen and oxygen atoms in total. The van der Waals surface area contributed by atoms with Crippen LogP contribution in [0.4, 0.5) is 5.69 Å². The average Bonchev–Trinajstić information content (AvgIpc) is 3.14. The van der Waals surface area contributed by atoms with Gasteiger partial charge < -0.3 is 10.2 Å². The van der Waals surface area contributed by atoms with Crippen LogP contribution in [0.25, 0.3) is 0 Å². The van der Waals surface area contributed by atoms with E-state index in [0.29, 0.717) is 6.04 Å². The summed E-state index contributed by atoms with van der Waals surface area (Å²) in [5, 5.41) is 3.64. The summed E-state index contributed by atoms with van der Waals surface area (Å²) in [5.74, 6) is 0.930. The summed E-state index contributed by atoms with van der Waals surface area (Å²) in [5.41, 5.74) is 2.47. The molecule has 1 aliphatic heterocycles. The van der Waals surface area contributed by atoms with Crippen LogP contribution in [0.1, 0.15) is 18.5 Å². The number of hydrogen-bond acceptors (Lipinski definition) is 3. The molecule has 1 aromatic heterocycles. The third kappa shape index (κ3) is 1.92. The minimum atomic E-state index is 0.702. The Morgan fingerprint density at radius 1 is 1.44 bits per heavy atom. The number of aromatic nitrogens is 1. The number of anilines is 1. The summed E-state index contributed by atoms with van der Waals surface area (Å²) >= 11 is 0. The zero-order valence-electron chi connectivity index (χ0n) is 9.82. The van der Waals surface area contributed by atoms with Gasteiger partial charge in [0.1, 0.15) is 0 Å². The fourth-order valence-electron chi connectivity index (χ4n) is 2.62. The topological polar surface area (TPSA) is 28.2 Å². The van der Waals surface area contributed by atoms with Crippen LogP contribution >= 0.6 is 0 Å². The Morgan fingerprint density at radius 2 is 2.31 bits per heavy atom. The maximum Gasteiger partial charge on any atom is 0.0605 e. The van der Waals surface area contributed by atoms with Crippen molar-refractivity contribution in [1.82, 2.24) is 10.3 Å². The van der Waals surface area contributed by atoms with Crippen molar-refractivity contribution in [1.29, 1.82) is 0 Å². The van der Waals surface area contributed by atoms with E-state index in [1.165, 1.54) is 18.5 Å². The molecule has 1 aromatic rings. The lowest BCUT2D eigenvalue weighted by Crippen LogP contribution is -2.52. The predicted octanol–water partition coefficient (Wildman–Crippen LogP) is 1.58. The number of rotatable bonds is 2. The molecule has 86 valence electrons. The quantitative estimate of drug-likeness (QED) is 0.815. The summed E-state index contributed by atoms with van der Waals surface area (Å²) in [4.78, 5) is 6.87. The van der Waals surface area contributed by atoms with Crippen molar-refractivity contribution in [2.24, 2.45) is 5.92 Å². The summed E-state index contributed by atoms with van der Waals surface area (Å²) in [6, 6.07) is 4.93. The van der Waals surface area contributed by atoms with Crippen LogP contribution in [0.2, 0.25) is 0 Å². The van der Waals surface area contributed by atoms with Gasteiger partial charge in [-0.25, -0.2) is 0 Å². The molecule has 0 amide bonds. The van der Waals surface area contributed by atoms with E-state index < -0.39 is 0 Å². The van der Waals surface area contributed by atoms with E-state index in [1.807, 2.05) is 12.3 Å². The van der Waals surface area contributed by atoms with E-state index in [2.05, 4.69) is 28.2 Å². The maximum absolute atomic E-state index is 4.38. The van der Waals surface area contributed by atoms with Crippen molar-refractivity contribution in [3.63, 3.8) is 0 Å². The van der Waals surface area contributed by atoms with E-state index >= 15 is 0 Å². The lowest BCUT2D eigenvalue weighted by Gasteiger charge is -2.36. The van der Waals surface area contributed by atoms with Gasteiger partial charge in [0, 0.05) is 31.9 Å². The molecule has 3 rings (SSSR count). The van der Waals surface area contributed by atoms with Gasteiger partial charge in [-0.1, -0.05) is 0 Å². The fraction of sp³-hybridized carbons (Fsp3) is 0.615. The molecule has 2 fully saturated rings. The van der Waals surface area contributed by atoms with Gasteiger partial charge in [-0.3, -0.25) is 4.98 Å². The molecule has 0 spiro atoms. The van der Waals surface area contributed by atoms with Crippen LogP contribution in [-0.4, -0.2) is 30.7 Å². The molecule has 1 saturated carbocycles. The van der Waals surface area contributed by atoms with Crippen molar-refractivity contribution in [3.05, 3.63) is 24.0 Å². The zero-order valence-corrected chi connectivity index (χ0v) is 9.82. The highest BCUT2D eigenvalue weighted by molar-refractivity contribution is 5.50. The van der Waals surface area contributed by atoms with Gasteiger partial charge in [0.2, 0.25) is 0 Å².